The van der Waals surface area contributed by atoms with Crippen LogP contribution in [-0.4, -0.2) is 46.2 Å². The number of nitrogens with one attached hydrogen (secondary N) is 1. The van der Waals surface area contributed by atoms with Crippen LogP contribution in [0.15, 0.2) is 0 Å². The lowest BCUT2D eigenvalue weighted by atomic mass is 10.2. The quantitative estimate of drug-likeness (QED) is 0.593. The van der Waals surface area contributed by atoms with Gasteiger partial charge >= 0.3 is 0 Å². The smallest absolute Gasteiger partial charge is 0.150 e. The summed E-state index contributed by atoms with van der Waals surface area (Å²) in [5.74, 6) is 0.510. The highest BCUT2D eigenvalue weighted by molar-refractivity contribution is 7.91. The van der Waals surface area contributed by atoms with E-state index in [2.05, 4.69) is 12.2 Å². The summed E-state index contributed by atoms with van der Waals surface area (Å²) in [5, 5.41) is 3.28. The molecule has 0 fully saturated rings. The predicted octanol–water partition coefficient (Wildman–Crippen LogP) is 1.22. The summed E-state index contributed by atoms with van der Waals surface area (Å²) in [5.41, 5.74) is 0. The van der Waals surface area contributed by atoms with Gasteiger partial charge in [-0.2, -0.15) is 0 Å². The minimum atomic E-state index is -2.89. The van der Waals surface area contributed by atoms with E-state index >= 15 is 0 Å². The molecule has 0 saturated heterocycles. The molecule has 0 aliphatic heterocycles. The number of methoxy groups -OCH3 is 1. The summed E-state index contributed by atoms with van der Waals surface area (Å²) in [6, 6.07) is 0.275. The minimum Gasteiger partial charge on any atom is -0.385 e. The third-order valence-electron chi connectivity index (χ3n) is 2.41. The second-order valence-electron chi connectivity index (χ2n) is 4.14. The highest BCUT2D eigenvalue weighted by atomic mass is 32.2. The van der Waals surface area contributed by atoms with Crippen LogP contribution < -0.4 is 5.32 Å². The molecule has 0 radical (unpaired) electrons. The molecule has 0 bridgehead atoms. The van der Waals surface area contributed by atoms with Crippen LogP contribution in [0.4, 0.5) is 0 Å². The summed E-state index contributed by atoms with van der Waals surface area (Å²) in [4.78, 5) is 0. The fourth-order valence-corrected chi connectivity index (χ4v) is 2.85. The molecule has 98 valence electrons. The fraction of sp³-hybridized carbons (Fsp3) is 1.00. The van der Waals surface area contributed by atoms with Gasteiger partial charge in [0.2, 0.25) is 0 Å². The molecule has 1 N–H and O–H groups in total. The van der Waals surface area contributed by atoms with Crippen molar-refractivity contribution in [3.63, 3.8) is 0 Å². The molecule has 1 unspecified atom stereocenters. The number of hydrogen-bond acceptors (Lipinski definition) is 4. The first-order chi connectivity index (χ1) is 7.52. The molecule has 0 heterocycles. The lowest BCUT2D eigenvalue weighted by Gasteiger charge is -2.12. The summed E-state index contributed by atoms with van der Waals surface area (Å²) in [7, 11) is -1.31. The van der Waals surface area contributed by atoms with Crippen LogP contribution in [0.5, 0.6) is 0 Å². The molecule has 0 spiro atoms. The van der Waals surface area contributed by atoms with Gasteiger partial charge in [-0.1, -0.05) is 6.92 Å². The van der Waals surface area contributed by atoms with Crippen molar-refractivity contribution in [2.45, 2.75) is 39.2 Å². The van der Waals surface area contributed by atoms with Crippen molar-refractivity contribution in [3.8, 4) is 0 Å². The summed E-state index contributed by atoms with van der Waals surface area (Å²) < 4.78 is 28.0. The second-order valence-corrected chi connectivity index (χ2v) is 6.45. The second kappa shape index (κ2) is 8.96. The minimum absolute atomic E-state index is 0.237. The van der Waals surface area contributed by atoms with E-state index in [1.54, 1.807) is 7.11 Å². The van der Waals surface area contributed by atoms with Gasteiger partial charge in [0.25, 0.3) is 0 Å². The maximum atomic E-state index is 11.6. The standard InChI is InChI=1S/C11H25NO3S/c1-4-7-12-11(2)6-10-16(13,14)9-5-8-15-3/h11-12H,4-10H2,1-3H3. The molecule has 0 aromatic carbocycles. The third-order valence-corrected chi connectivity index (χ3v) is 4.18. The molecule has 0 saturated carbocycles. The lowest BCUT2D eigenvalue weighted by molar-refractivity contribution is 0.199. The molecule has 5 heteroatoms. The van der Waals surface area contributed by atoms with Gasteiger partial charge in [0, 0.05) is 19.8 Å². The Morgan fingerprint density at radius 2 is 2.00 bits per heavy atom. The van der Waals surface area contributed by atoms with E-state index in [4.69, 9.17) is 4.74 Å². The van der Waals surface area contributed by atoms with Gasteiger partial charge in [-0.15, -0.1) is 0 Å². The van der Waals surface area contributed by atoms with E-state index in [1.165, 1.54) is 0 Å². The normalized spacial score (nSPS) is 13.9. The average Bonchev–Trinajstić information content (AvgIpc) is 2.24. The van der Waals surface area contributed by atoms with Gasteiger partial charge in [-0.3, -0.25) is 0 Å². The van der Waals surface area contributed by atoms with Gasteiger partial charge in [0.05, 0.1) is 11.5 Å². The van der Waals surface area contributed by atoms with Gasteiger partial charge in [-0.25, -0.2) is 8.42 Å². The van der Waals surface area contributed by atoms with Crippen molar-refractivity contribution >= 4 is 9.84 Å². The van der Waals surface area contributed by atoms with Gasteiger partial charge < -0.3 is 10.1 Å². The monoisotopic (exact) mass is 251 g/mol. The maximum Gasteiger partial charge on any atom is 0.150 e. The molecule has 0 amide bonds. The van der Waals surface area contributed by atoms with E-state index in [9.17, 15) is 8.42 Å². The van der Waals surface area contributed by atoms with E-state index in [1.807, 2.05) is 6.92 Å². The molecular weight excluding hydrogens is 226 g/mol. The van der Waals surface area contributed by atoms with Crippen molar-refractivity contribution in [2.24, 2.45) is 0 Å². The van der Waals surface area contributed by atoms with Crippen LogP contribution in [0.25, 0.3) is 0 Å². The Morgan fingerprint density at radius 1 is 1.31 bits per heavy atom. The largest absolute Gasteiger partial charge is 0.385 e. The molecule has 0 aromatic heterocycles. The molecule has 1 atom stereocenters. The lowest BCUT2D eigenvalue weighted by Crippen LogP contribution is -2.29. The Hall–Kier alpha value is -0.130. The molecule has 0 rings (SSSR count). The Morgan fingerprint density at radius 3 is 2.56 bits per heavy atom. The Balaban J connectivity index is 3.72. The molecule has 4 nitrogen and oxygen atoms in total. The zero-order chi connectivity index (χ0) is 12.4. The Bertz CT molecular complexity index is 252. The van der Waals surface area contributed by atoms with Crippen molar-refractivity contribution in [1.29, 1.82) is 0 Å². The van der Waals surface area contributed by atoms with Crippen LogP contribution >= 0.6 is 0 Å². The van der Waals surface area contributed by atoms with Crippen molar-refractivity contribution < 1.29 is 13.2 Å². The summed E-state index contributed by atoms with van der Waals surface area (Å²) in [6.45, 7) is 5.59. The first-order valence-corrected chi connectivity index (χ1v) is 7.76. The Kier molecular flexibility index (Phi) is 8.89. The average molecular weight is 251 g/mol. The highest BCUT2D eigenvalue weighted by Gasteiger charge is 2.12. The summed E-state index contributed by atoms with van der Waals surface area (Å²) in [6.07, 6.45) is 2.36. The van der Waals surface area contributed by atoms with E-state index < -0.39 is 9.84 Å². The molecule has 16 heavy (non-hydrogen) atoms. The Labute approximate surface area is 99.7 Å². The third kappa shape index (κ3) is 9.12. The molecular formula is C11H25NO3S. The molecule has 0 aliphatic carbocycles. The number of rotatable bonds is 10. The van der Waals surface area contributed by atoms with Crippen molar-refractivity contribution in [3.05, 3.63) is 0 Å². The van der Waals surface area contributed by atoms with Crippen molar-refractivity contribution in [2.75, 3.05) is 31.8 Å². The molecule has 0 aromatic rings. The zero-order valence-electron chi connectivity index (χ0n) is 10.7. The maximum absolute atomic E-state index is 11.6. The first kappa shape index (κ1) is 15.9. The van der Waals surface area contributed by atoms with Crippen LogP contribution in [0.1, 0.15) is 33.1 Å². The number of hydrogen-bond donors (Lipinski definition) is 1. The van der Waals surface area contributed by atoms with Gasteiger partial charge in [-0.05, 0) is 32.7 Å². The van der Waals surface area contributed by atoms with E-state index in [0.717, 1.165) is 13.0 Å². The highest BCUT2D eigenvalue weighted by Crippen LogP contribution is 2.00. The van der Waals surface area contributed by atoms with E-state index in [-0.39, 0.29) is 17.5 Å². The van der Waals surface area contributed by atoms with Gasteiger partial charge in [0.1, 0.15) is 9.84 Å². The number of sulfone groups is 1. The van der Waals surface area contributed by atoms with Crippen LogP contribution in [0.3, 0.4) is 0 Å². The number of ether oxygens (including phenoxy) is 1. The predicted molar refractivity (Wildman–Crippen MR) is 67.5 cm³/mol. The van der Waals surface area contributed by atoms with Crippen LogP contribution in [0.2, 0.25) is 0 Å². The van der Waals surface area contributed by atoms with Crippen LogP contribution in [0, 0.1) is 0 Å². The molecule has 0 aliphatic rings. The topological polar surface area (TPSA) is 55.4 Å². The first-order valence-electron chi connectivity index (χ1n) is 5.94. The summed E-state index contributed by atoms with van der Waals surface area (Å²) >= 11 is 0. The van der Waals surface area contributed by atoms with Crippen LogP contribution in [-0.2, 0) is 14.6 Å². The fourth-order valence-electron chi connectivity index (χ4n) is 1.37. The van der Waals surface area contributed by atoms with E-state index in [0.29, 0.717) is 19.4 Å². The van der Waals surface area contributed by atoms with Crippen molar-refractivity contribution in [1.82, 2.24) is 5.32 Å². The van der Waals surface area contributed by atoms with Gasteiger partial charge in [0.15, 0.2) is 0 Å². The SMILES string of the molecule is CCCNC(C)CCS(=O)(=O)CCCOC. The zero-order valence-corrected chi connectivity index (χ0v) is 11.5.